The second kappa shape index (κ2) is 6.59. The van der Waals surface area contributed by atoms with Crippen molar-refractivity contribution in [3.05, 3.63) is 24.2 Å². The molecule has 1 fully saturated rings. The highest BCUT2D eigenvalue weighted by Crippen LogP contribution is 2.15. The first-order valence-electron chi connectivity index (χ1n) is 6.76. The first-order valence-corrected chi connectivity index (χ1v) is 6.76. The van der Waals surface area contributed by atoms with Gasteiger partial charge < -0.3 is 15.1 Å². The van der Waals surface area contributed by atoms with E-state index in [4.69, 9.17) is 4.42 Å². The fraction of sp³-hybridized carbons (Fsp3) is 0.643. The number of hydrogen-bond donors (Lipinski definition) is 2. The highest BCUT2D eigenvalue weighted by molar-refractivity contribution is 5.76. The zero-order valence-electron chi connectivity index (χ0n) is 10.9. The topological polar surface area (TPSA) is 54.3 Å². The van der Waals surface area contributed by atoms with Crippen LogP contribution in [-0.2, 0) is 11.2 Å². The lowest BCUT2D eigenvalue weighted by atomic mass is 9.94. The molecule has 18 heavy (non-hydrogen) atoms. The van der Waals surface area contributed by atoms with E-state index in [-0.39, 0.29) is 11.9 Å². The van der Waals surface area contributed by atoms with Gasteiger partial charge in [0.1, 0.15) is 5.76 Å². The molecule has 2 heterocycles. The number of nitrogens with one attached hydrogen (secondary N) is 2. The Bertz CT molecular complexity index is 356. The van der Waals surface area contributed by atoms with E-state index in [2.05, 4.69) is 10.6 Å². The van der Waals surface area contributed by atoms with E-state index in [0.29, 0.717) is 12.3 Å². The summed E-state index contributed by atoms with van der Waals surface area (Å²) in [7, 11) is 0. The summed E-state index contributed by atoms with van der Waals surface area (Å²) in [4.78, 5) is 11.9. The second-order valence-corrected chi connectivity index (χ2v) is 5.15. The van der Waals surface area contributed by atoms with E-state index in [1.54, 1.807) is 6.26 Å². The van der Waals surface area contributed by atoms with Crippen LogP contribution in [0.25, 0.3) is 0 Å². The van der Waals surface area contributed by atoms with Gasteiger partial charge in [-0.15, -0.1) is 0 Å². The lowest BCUT2D eigenvalue weighted by Gasteiger charge is -2.22. The monoisotopic (exact) mass is 250 g/mol. The van der Waals surface area contributed by atoms with Gasteiger partial charge in [0.15, 0.2) is 0 Å². The van der Waals surface area contributed by atoms with Gasteiger partial charge >= 0.3 is 0 Å². The lowest BCUT2D eigenvalue weighted by molar-refractivity contribution is -0.122. The number of hydrogen-bond acceptors (Lipinski definition) is 3. The zero-order valence-corrected chi connectivity index (χ0v) is 10.9. The van der Waals surface area contributed by atoms with Crippen molar-refractivity contribution >= 4 is 5.91 Å². The number of amides is 1. The molecule has 1 amide bonds. The number of furan rings is 1. The van der Waals surface area contributed by atoms with Crippen molar-refractivity contribution in [3.63, 3.8) is 0 Å². The predicted octanol–water partition coefficient (Wildman–Crippen LogP) is 1.72. The molecule has 4 heteroatoms. The summed E-state index contributed by atoms with van der Waals surface area (Å²) < 4.78 is 5.28. The molecule has 0 radical (unpaired) electrons. The summed E-state index contributed by atoms with van der Waals surface area (Å²) in [6.45, 7) is 4.10. The third kappa shape index (κ3) is 4.18. The van der Waals surface area contributed by atoms with Crippen molar-refractivity contribution in [2.24, 2.45) is 5.92 Å². The average Bonchev–Trinajstić information content (AvgIpc) is 2.82. The van der Waals surface area contributed by atoms with Crippen molar-refractivity contribution < 1.29 is 9.21 Å². The van der Waals surface area contributed by atoms with Gasteiger partial charge in [-0.2, -0.15) is 0 Å². The SMILES string of the molecule is CC(Cc1ccco1)NC(=O)CC1CCNCC1. The Hall–Kier alpha value is -1.29. The summed E-state index contributed by atoms with van der Waals surface area (Å²) in [5.41, 5.74) is 0. The number of rotatable bonds is 5. The molecule has 0 spiro atoms. The molecule has 1 aliphatic rings. The normalized spacial score (nSPS) is 18.5. The molecule has 0 bridgehead atoms. The van der Waals surface area contributed by atoms with Crippen molar-refractivity contribution in [2.45, 2.75) is 38.6 Å². The third-order valence-corrected chi connectivity index (χ3v) is 3.43. The minimum absolute atomic E-state index is 0.130. The predicted molar refractivity (Wildman–Crippen MR) is 70.2 cm³/mol. The molecule has 0 aliphatic carbocycles. The average molecular weight is 250 g/mol. The molecule has 1 aliphatic heterocycles. The van der Waals surface area contributed by atoms with E-state index < -0.39 is 0 Å². The number of carbonyl (C=O) groups excluding carboxylic acids is 1. The highest BCUT2D eigenvalue weighted by atomic mass is 16.3. The van der Waals surface area contributed by atoms with Crippen LogP contribution in [0, 0.1) is 5.92 Å². The molecule has 1 aromatic heterocycles. The molecule has 0 saturated carbocycles. The van der Waals surface area contributed by atoms with Gasteiger partial charge in [-0.3, -0.25) is 4.79 Å². The largest absolute Gasteiger partial charge is 0.469 e. The van der Waals surface area contributed by atoms with Crippen molar-refractivity contribution in [1.82, 2.24) is 10.6 Å². The maximum absolute atomic E-state index is 11.9. The van der Waals surface area contributed by atoms with E-state index in [0.717, 1.165) is 38.1 Å². The van der Waals surface area contributed by atoms with E-state index in [1.807, 2.05) is 19.1 Å². The fourth-order valence-electron chi connectivity index (χ4n) is 2.46. The van der Waals surface area contributed by atoms with Crippen LogP contribution in [0.2, 0.25) is 0 Å². The van der Waals surface area contributed by atoms with Crippen LogP contribution in [0.15, 0.2) is 22.8 Å². The smallest absolute Gasteiger partial charge is 0.220 e. The Labute approximate surface area is 108 Å². The van der Waals surface area contributed by atoms with Gasteiger partial charge in [-0.1, -0.05) is 0 Å². The van der Waals surface area contributed by atoms with E-state index in [9.17, 15) is 4.79 Å². The molecule has 1 saturated heterocycles. The minimum atomic E-state index is 0.130. The van der Waals surface area contributed by atoms with Crippen molar-refractivity contribution in [1.29, 1.82) is 0 Å². The van der Waals surface area contributed by atoms with Crippen molar-refractivity contribution in [3.8, 4) is 0 Å². The minimum Gasteiger partial charge on any atom is -0.469 e. The van der Waals surface area contributed by atoms with Gasteiger partial charge in [0, 0.05) is 18.9 Å². The fourth-order valence-corrected chi connectivity index (χ4v) is 2.46. The summed E-state index contributed by atoms with van der Waals surface area (Å²) in [6.07, 6.45) is 5.30. The van der Waals surface area contributed by atoms with E-state index in [1.165, 1.54) is 0 Å². The van der Waals surface area contributed by atoms with E-state index >= 15 is 0 Å². The first kappa shape index (κ1) is 13.1. The van der Waals surface area contributed by atoms with Crippen LogP contribution in [0.1, 0.15) is 31.9 Å². The van der Waals surface area contributed by atoms with Crippen LogP contribution in [-0.4, -0.2) is 25.0 Å². The summed E-state index contributed by atoms with van der Waals surface area (Å²) >= 11 is 0. The van der Waals surface area contributed by atoms with Gasteiger partial charge in [-0.05, 0) is 50.9 Å². The van der Waals surface area contributed by atoms with Crippen LogP contribution in [0.5, 0.6) is 0 Å². The number of piperidine rings is 1. The second-order valence-electron chi connectivity index (χ2n) is 5.15. The highest BCUT2D eigenvalue weighted by Gasteiger charge is 2.18. The molecule has 1 unspecified atom stereocenters. The Balaban J connectivity index is 1.69. The summed E-state index contributed by atoms with van der Waals surface area (Å²) in [6, 6.07) is 3.94. The van der Waals surface area contributed by atoms with Gasteiger partial charge in [0.25, 0.3) is 0 Å². The van der Waals surface area contributed by atoms with Gasteiger partial charge in [0.05, 0.1) is 6.26 Å². The molecule has 1 atom stereocenters. The molecular weight excluding hydrogens is 228 g/mol. The van der Waals surface area contributed by atoms with Gasteiger partial charge in [-0.25, -0.2) is 0 Å². The molecule has 2 rings (SSSR count). The van der Waals surface area contributed by atoms with Crippen LogP contribution < -0.4 is 10.6 Å². The molecular formula is C14H22N2O2. The summed E-state index contributed by atoms with van der Waals surface area (Å²) in [5.74, 6) is 1.63. The Kier molecular flexibility index (Phi) is 4.81. The van der Waals surface area contributed by atoms with Crippen LogP contribution in [0.4, 0.5) is 0 Å². The Morgan fingerprint density at radius 2 is 2.33 bits per heavy atom. The molecule has 1 aromatic rings. The van der Waals surface area contributed by atoms with Crippen LogP contribution >= 0.6 is 0 Å². The van der Waals surface area contributed by atoms with Crippen molar-refractivity contribution in [2.75, 3.05) is 13.1 Å². The summed E-state index contributed by atoms with van der Waals surface area (Å²) in [5, 5.41) is 6.36. The lowest BCUT2D eigenvalue weighted by Crippen LogP contribution is -2.37. The molecule has 0 aromatic carbocycles. The molecule has 100 valence electrons. The zero-order chi connectivity index (χ0) is 12.8. The standard InChI is InChI=1S/C14H22N2O2/c1-11(9-13-3-2-8-18-13)16-14(17)10-12-4-6-15-7-5-12/h2-3,8,11-12,15H,4-7,9-10H2,1H3,(H,16,17). The maximum Gasteiger partial charge on any atom is 0.220 e. The molecule has 2 N–H and O–H groups in total. The van der Waals surface area contributed by atoms with Crippen LogP contribution in [0.3, 0.4) is 0 Å². The van der Waals surface area contributed by atoms with Gasteiger partial charge in [0.2, 0.25) is 5.91 Å². The quantitative estimate of drug-likeness (QED) is 0.836. The number of carbonyl (C=O) groups is 1. The Morgan fingerprint density at radius 3 is 3.00 bits per heavy atom. The Morgan fingerprint density at radius 1 is 1.56 bits per heavy atom. The molecule has 4 nitrogen and oxygen atoms in total. The third-order valence-electron chi connectivity index (χ3n) is 3.43. The maximum atomic E-state index is 11.9. The first-order chi connectivity index (χ1) is 8.74.